The summed E-state index contributed by atoms with van der Waals surface area (Å²) in [5, 5.41) is 9.04. The summed E-state index contributed by atoms with van der Waals surface area (Å²) < 4.78 is 2.06. The average Bonchev–Trinajstić information content (AvgIpc) is 3.03. The molecule has 0 amide bonds. The third kappa shape index (κ3) is 5.37. The standard InChI is InChI=1S/C26H33N5S/c1-19-8-10-23(11-9-19)18-31-22(4)25(21(3)28-31)27-26(32)30-14-12-29(13-15-30)17-24-7-5-6-20(2)16-24/h5-11,16H,12-15,17-18H2,1-4H3,(H,27,32). The smallest absolute Gasteiger partial charge is 0.173 e. The molecule has 1 aromatic heterocycles. The Bertz CT molecular complexity index is 1080. The van der Waals surface area contributed by atoms with E-state index in [0.29, 0.717) is 0 Å². The van der Waals surface area contributed by atoms with Crippen LogP contribution in [0.15, 0.2) is 48.5 Å². The molecular formula is C26H33N5S. The van der Waals surface area contributed by atoms with Gasteiger partial charge in [-0.1, -0.05) is 59.7 Å². The van der Waals surface area contributed by atoms with Crippen molar-refractivity contribution in [3.8, 4) is 0 Å². The van der Waals surface area contributed by atoms with Gasteiger partial charge in [-0.25, -0.2) is 0 Å². The Morgan fingerprint density at radius 1 is 0.875 bits per heavy atom. The topological polar surface area (TPSA) is 36.3 Å². The minimum absolute atomic E-state index is 0.763. The van der Waals surface area contributed by atoms with Crippen LogP contribution in [-0.4, -0.2) is 50.9 Å². The van der Waals surface area contributed by atoms with Gasteiger partial charge in [0.25, 0.3) is 0 Å². The molecule has 0 aliphatic carbocycles. The Morgan fingerprint density at radius 3 is 2.28 bits per heavy atom. The van der Waals surface area contributed by atoms with Crippen LogP contribution in [0, 0.1) is 27.7 Å². The zero-order valence-corrected chi connectivity index (χ0v) is 20.4. The summed E-state index contributed by atoms with van der Waals surface area (Å²) in [4.78, 5) is 4.78. The van der Waals surface area contributed by atoms with Crippen LogP contribution in [0.3, 0.4) is 0 Å². The maximum atomic E-state index is 5.77. The molecule has 3 aromatic rings. The van der Waals surface area contributed by atoms with Crippen molar-refractivity contribution in [2.24, 2.45) is 0 Å². The van der Waals surface area contributed by atoms with Crippen molar-refractivity contribution < 1.29 is 0 Å². The lowest BCUT2D eigenvalue weighted by Gasteiger charge is -2.36. The summed E-state index contributed by atoms with van der Waals surface area (Å²) in [6.07, 6.45) is 0. The number of aryl methyl sites for hydroxylation is 3. The lowest BCUT2D eigenvalue weighted by molar-refractivity contribution is 0.177. The van der Waals surface area contributed by atoms with E-state index in [1.165, 1.54) is 22.3 Å². The first-order valence-electron chi connectivity index (χ1n) is 11.3. The van der Waals surface area contributed by atoms with Gasteiger partial charge in [0.05, 0.1) is 23.6 Å². The fourth-order valence-electron chi connectivity index (χ4n) is 4.26. The summed E-state index contributed by atoms with van der Waals surface area (Å²) in [6, 6.07) is 17.4. The lowest BCUT2D eigenvalue weighted by atomic mass is 10.1. The average molecular weight is 448 g/mol. The number of piperazine rings is 1. The van der Waals surface area contributed by atoms with E-state index < -0.39 is 0 Å². The first kappa shape index (κ1) is 22.5. The zero-order valence-electron chi connectivity index (χ0n) is 19.6. The molecule has 0 spiro atoms. The van der Waals surface area contributed by atoms with Gasteiger partial charge in [-0.2, -0.15) is 5.10 Å². The van der Waals surface area contributed by atoms with E-state index >= 15 is 0 Å². The van der Waals surface area contributed by atoms with Crippen LogP contribution in [0.2, 0.25) is 0 Å². The molecule has 1 saturated heterocycles. The van der Waals surface area contributed by atoms with Crippen molar-refractivity contribution in [1.82, 2.24) is 19.6 Å². The molecule has 0 bridgehead atoms. The molecule has 2 aromatic carbocycles. The molecule has 0 atom stereocenters. The normalized spacial score (nSPS) is 14.6. The molecule has 0 unspecified atom stereocenters. The molecule has 0 radical (unpaired) electrons. The van der Waals surface area contributed by atoms with Crippen LogP contribution in [0.5, 0.6) is 0 Å². The molecule has 6 heteroatoms. The molecular weight excluding hydrogens is 414 g/mol. The molecule has 32 heavy (non-hydrogen) atoms. The maximum Gasteiger partial charge on any atom is 0.173 e. The number of hydrogen-bond donors (Lipinski definition) is 1. The van der Waals surface area contributed by atoms with E-state index in [9.17, 15) is 0 Å². The second kappa shape index (κ2) is 9.84. The minimum Gasteiger partial charge on any atom is -0.346 e. The number of hydrogen-bond acceptors (Lipinski definition) is 3. The number of anilines is 1. The first-order chi connectivity index (χ1) is 15.4. The van der Waals surface area contributed by atoms with Gasteiger partial charge in [0.1, 0.15) is 0 Å². The molecule has 4 rings (SSSR count). The third-order valence-electron chi connectivity index (χ3n) is 6.21. The van der Waals surface area contributed by atoms with Gasteiger partial charge in [-0.05, 0) is 51.0 Å². The SMILES string of the molecule is Cc1ccc(Cn2nc(C)c(NC(=S)N3CCN(Cc4cccc(C)c4)CC3)c2C)cc1. The Morgan fingerprint density at radius 2 is 1.59 bits per heavy atom. The van der Waals surface area contributed by atoms with Crippen molar-refractivity contribution in [3.05, 3.63) is 82.2 Å². The Kier molecular flexibility index (Phi) is 6.92. The highest BCUT2D eigenvalue weighted by Crippen LogP contribution is 2.22. The lowest BCUT2D eigenvalue weighted by Crippen LogP contribution is -2.49. The molecule has 5 nitrogen and oxygen atoms in total. The van der Waals surface area contributed by atoms with Gasteiger partial charge in [0.15, 0.2) is 5.11 Å². The zero-order chi connectivity index (χ0) is 22.7. The molecule has 1 N–H and O–H groups in total. The number of nitrogens with one attached hydrogen (secondary N) is 1. The highest BCUT2D eigenvalue weighted by molar-refractivity contribution is 7.80. The van der Waals surface area contributed by atoms with E-state index in [-0.39, 0.29) is 0 Å². The van der Waals surface area contributed by atoms with Gasteiger partial charge < -0.3 is 10.2 Å². The number of rotatable bonds is 5. The molecule has 0 saturated carbocycles. The fourth-order valence-corrected chi connectivity index (χ4v) is 4.55. The van der Waals surface area contributed by atoms with Crippen LogP contribution >= 0.6 is 12.2 Å². The number of aromatic nitrogens is 2. The fraction of sp³-hybridized carbons (Fsp3) is 0.385. The minimum atomic E-state index is 0.763. The highest BCUT2D eigenvalue weighted by Gasteiger charge is 2.21. The predicted molar refractivity (Wildman–Crippen MR) is 136 cm³/mol. The summed E-state index contributed by atoms with van der Waals surface area (Å²) in [5.41, 5.74) is 8.35. The molecule has 1 aliphatic heterocycles. The van der Waals surface area contributed by atoms with E-state index in [2.05, 4.69) is 89.1 Å². The van der Waals surface area contributed by atoms with Crippen LogP contribution in [-0.2, 0) is 13.1 Å². The van der Waals surface area contributed by atoms with E-state index in [1.807, 2.05) is 6.92 Å². The van der Waals surface area contributed by atoms with Gasteiger partial charge in [0, 0.05) is 32.7 Å². The third-order valence-corrected chi connectivity index (χ3v) is 6.57. The number of nitrogens with zero attached hydrogens (tertiary/aromatic N) is 4. The molecule has 1 fully saturated rings. The van der Waals surface area contributed by atoms with Crippen LogP contribution in [0.4, 0.5) is 5.69 Å². The molecule has 2 heterocycles. The quantitative estimate of drug-likeness (QED) is 0.575. The van der Waals surface area contributed by atoms with Crippen molar-refractivity contribution >= 4 is 23.0 Å². The maximum absolute atomic E-state index is 5.77. The summed E-state index contributed by atoms with van der Waals surface area (Å²) in [6.45, 7) is 14.1. The number of thiocarbonyl (C=S) groups is 1. The second-order valence-corrected chi connectivity index (χ2v) is 9.26. The van der Waals surface area contributed by atoms with Crippen LogP contribution in [0.25, 0.3) is 0 Å². The number of benzene rings is 2. The Hall–Kier alpha value is -2.70. The van der Waals surface area contributed by atoms with E-state index in [1.54, 1.807) is 0 Å². The van der Waals surface area contributed by atoms with E-state index in [0.717, 1.165) is 61.5 Å². The van der Waals surface area contributed by atoms with Crippen molar-refractivity contribution in [2.75, 3.05) is 31.5 Å². The largest absolute Gasteiger partial charge is 0.346 e. The monoisotopic (exact) mass is 447 g/mol. The van der Waals surface area contributed by atoms with Gasteiger partial charge >= 0.3 is 0 Å². The summed E-state index contributed by atoms with van der Waals surface area (Å²) in [7, 11) is 0. The summed E-state index contributed by atoms with van der Waals surface area (Å²) in [5.74, 6) is 0. The summed E-state index contributed by atoms with van der Waals surface area (Å²) >= 11 is 5.77. The predicted octanol–water partition coefficient (Wildman–Crippen LogP) is 4.68. The molecule has 168 valence electrons. The Labute approximate surface area is 197 Å². The van der Waals surface area contributed by atoms with Crippen molar-refractivity contribution in [3.63, 3.8) is 0 Å². The first-order valence-corrected chi connectivity index (χ1v) is 11.7. The highest BCUT2D eigenvalue weighted by atomic mass is 32.1. The van der Waals surface area contributed by atoms with Crippen LogP contribution < -0.4 is 5.32 Å². The second-order valence-electron chi connectivity index (χ2n) is 8.87. The van der Waals surface area contributed by atoms with E-state index in [4.69, 9.17) is 17.3 Å². The van der Waals surface area contributed by atoms with Crippen molar-refractivity contribution in [1.29, 1.82) is 0 Å². The van der Waals surface area contributed by atoms with Crippen molar-refractivity contribution in [2.45, 2.75) is 40.8 Å². The van der Waals surface area contributed by atoms with Gasteiger partial charge in [0.2, 0.25) is 0 Å². The molecule has 1 aliphatic rings. The Balaban J connectivity index is 1.34. The van der Waals surface area contributed by atoms with Gasteiger partial charge in [-0.15, -0.1) is 0 Å². The van der Waals surface area contributed by atoms with Gasteiger partial charge in [-0.3, -0.25) is 9.58 Å². The van der Waals surface area contributed by atoms with Crippen LogP contribution in [0.1, 0.15) is 33.6 Å².